The molecule has 2 rings (SSSR count). The van der Waals surface area contributed by atoms with Crippen molar-refractivity contribution >= 4 is 5.95 Å². The molecular weight excluding hydrogens is 238 g/mol. The minimum absolute atomic E-state index is 0.591. The molecule has 4 nitrogen and oxygen atoms in total. The third-order valence-corrected chi connectivity index (χ3v) is 2.80. The first-order chi connectivity index (χ1) is 9.10. The van der Waals surface area contributed by atoms with Crippen LogP contribution >= 0.6 is 0 Å². The van der Waals surface area contributed by atoms with E-state index in [-0.39, 0.29) is 0 Å². The molecule has 19 heavy (non-hydrogen) atoms. The van der Waals surface area contributed by atoms with E-state index in [2.05, 4.69) is 28.3 Å². The van der Waals surface area contributed by atoms with Crippen LogP contribution < -0.4 is 10.1 Å². The predicted molar refractivity (Wildman–Crippen MR) is 76.9 cm³/mol. The molecule has 0 saturated heterocycles. The number of rotatable bonds is 4. The van der Waals surface area contributed by atoms with E-state index >= 15 is 0 Å². The highest BCUT2D eigenvalue weighted by Crippen LogP contribution is 2.26. The lowest BCUT2D eigenvalue weighted by molar-refractivity contribution is 0.454. The van der Waals surface area contributed by atoms with Gasteiger partial charge in [-0.2, -0.15) is 4.98 Å². The molecule has 1 aromatic carbocycles. The monoisotopic (exact) mass is 257 g/mol. The lowest BCUT2D eigenvalue weighted by Crippen LogP contribution is -2.04. The quantitative estimate of drug-likeness (QED) is 0.908. The summed E-state index contributed by atoms with van der Waals surface area (Å²) in [5, 5.41) is 3.08. The van der Waals surface area contributed by atoms with Crippen LogP contribution in [0.3, 0.4) is 0 Å². The van der Waals surface area contributed by atoms with Crippen molar-refractivity contribution in [2.75, 3.05) is 11.9 Å². The van der Waals surface area contributed by atoms with E-state index in [9.17, 15) is 0 Å². The van der Waals surface area contributed by atoms with Gasteiger partial charge in [-0.25, -0.2) is 4.98 Å². The van der Waals surface area contributed by atoms with Crippen molar-refractivity contribution < 1.29 is 4.74 Å². The number of aryl methyl sites for hydroxylation is 3. The highest BCUT2D eigenvalue weighted by atomic mass is 16.5. The molecule has 100 valence electrons. The molecule has 0 radical (unpaired) electrons. The van der Waals surface area contributed by atoms with Gasteiger partial charge in [-0.05, 0) is 39.3 Å². The van der Waals surface area contributed by atoms with Gasteiger partial charge < -0.3 is 10.1 Å². The molecule has 0 atom stereocenters. The van der Waals surface area contributed by atoms with Crippen molar-refractivity contribution in [3.8, 4) is 11.6 Å². The summed E-state index contributed by atoms with van der Waals surface area (Å²) >= 11 is 0. The lowest BCUT2D eigenvalue weighted by Gasteiger charge is -2.11. The van der Waals surface area contributed by atoms with Crippen LogP contribution in [0.4, 0.5) is 5.95 Å². The van der Waals surface area contributed by atoms with Crippen molar-refractivity contribution in [3.05, 3.63) is 41.1 Å². The molecule has 1 aromatic heterocycles. The molecule has 0 fully saturated rings. The molecule has 1 heterocycles. The van der Waals surface area contributed by atoms with E-state index in [4.69, 9.17) is 4.74 Å². The average Bonchev–Trinajstić information content (AvgIpc) is 2.37. The van der Waals surface area contributed by atoms with Crippen LogP contribution in [-0.2, 0) is 0 Å². The van der Waals surface area contributed by atoms with Crippen molar-refractivity contribution in [3.63, 3.8) is 0 Å². The summed E-state index contributed by atoms with van der Waals surface area (Å²) in [6, 6.07) is 6.10. The molecule has 0 bridgehead atoms. The molecule has 0 spiro atoms. The average molecular weight is 257 g/mol. The zero-order valence-corrected chi connectivity index (χ0v) is 11.8. The molecule has 0 saturated carbocycles. The topological polar surface area (TPSA) is 47.0 Å². The van der Waals surface area contributed by atoms with Crippen LogP contribution in [0.2, 0.25) is 0 Å². The normalized spacial score (nSPS) is 10.3. The van der Waals surface area contributed by atoms with E-state index in [1.807, 2.05) is 32.9 Å². The van der Waals surface area contributed by atoms with Crippen LogP contribution in [0.25, 0.3) is 0 Å². The van der Waals surface area contributed by atoms with Crippen LogP contribution in [0.1, 0.15) is 23.6 Å². The molecule has 0 aliphatic heterocycles. The number of ether oxygens (including phenoxy) is 1. The summed E-state index contributed by atoms with van der Waals surface area (Å²) < 4.78 is 5.89. The summed E-state index contributed by atoms with van der Waals surface area (Å²) in [4.78, 5) is 8.58. The van der Waals surface area contributed by atoms with E-state index in [0.29, 0.717) is 11.8 Å². The van der Waals surface area contributed by atoms with Crippen LogP contribution in [0.5, 0.6) is 11.6 Å². The first kappa shape index (κ1) is 13.3. The van der Waals surface area contributed by atoms with Crippen molar-refractivity contribution in [1.82, 2.24) is 9.97 Å². The molecule has 0 aliphatic rings. The molecule has 1 N–H and O–H groups in total. The number of anilines is 1. The van der Waals surface area contributed by atoms with Crippen molar-refractivity contribution in [2.45, 2.75) is 27.7 Å². The molecule has 0 aliphatic carbocycles. The Bertz CT molecular complexity index is 582. The summed E-state index contributed by atoms with van der Waals surface area (Å²) in [6.45, 7) is 8.83. The maximum absolute atomic E-state index is 5.89. The SMILES string of the molecule is CCNc1ncc(C)c(Oc2ccc(C)cc2C)n1. The van der Waals surface area contributed by atoms with Gasteiger partial charge in [-0.15, -0.1) is 0 Å². The van der Waals surface area contributed by atoms with Crippen LogP contribution in [0, 0.1) is 20.8 Å². The Morgan fingerprint density at radius 3 is 2.63 bits per heavy atom. The minimum Gasteiger partial charge on any atom is -0.438 e. The predicted octanol–water partition coefficient (Wildman–Crippen LogP) is 3.63. The third kappa shape index (κ3) is 3.22. The molecule has 4 heteroatoms. The van der Waals surface area contributed by atoms with Gasteiger partial charge in [0.05, 0.1) is 0 Å². The van der Waals surface area contributed by atoms with Gasteiger partial charge in [-0.1, -0.05) is 17.7 Å². The van der Waals surface area contributed by atoms with Gasteiger partial charge >= 0.3 is 0 Å². The first-order valence-electron chi connectivity index (χ1n) is 6.42. The number of hydrogen-bond donors (Lipinski definition) is 1. The summed E-state index contributed by atoms with van der Waals surface area (Å²) in [7, 11) is 0. The number of benzene rings is 1. The third-order valence-electron chi connectivity index (χ3n) is 2.80. The van der Waals surface area contributed by atoms with Gasteiger partial charge in [0, 0.05) is 18.3 Å². The van der Waals surface area contributed by atoms with E-state index < -0.39 is 0 Å². The fourth-order valence-electron chi connectivity index (χ4n) is 1.79. The Hall–Kier alpha value is -2.10. The number of nitrogens with one attached hydrogen (secondary N) is 1. The standard InChI is InChI=1S/C15H19N3O/c1-5-16-15-17-9-12(4)14(18-15)19-13-7-6-10(2)8-11(13)3/h6-9H,5H2,1-4H3,(H,16,17,18). The van der Waals surface area contributed by atoms with Gasteiger partial charge in [0.1, 0.15) is 5.75 Å². The summed E-state index contributed by atoms with van der Waals surface area (Å²) in [5.74, 6) is 2.01. The Morgan fingerprint density at radius 2 is 1.95 bits per heavy atom. The van der Waals surface area contributed by atoms with Crippen molar-refractivity contribution in [2.24, 2.45) is 0 Å². The van der Waals surface area contributed by atoms with Gasteiger partial charge in [0.15, 0.2) is 0 Å². The maximum Gasteiger partial charge on any atom is 0.226 e. The summed E-state index contributed by atoms with van der Waals surface area (Å²) in [5.41, 5.74) is 3.24. The molecular formula is C15H19N3O. The largest absolute Gasteiger partial charge is 0.438 e. The van der Waals surface area contributed by atoms with E-state index in [0.717, 1.165) is 23.4 Å². The van der Waals surface area contributed by atoms with E-state index in [1.54, 1.807) is 6.20 Å². The molecule has 2 aromatic rings. The zero-order chi connectivity index (χ0) is 13.8. The van der Waals surface area contributed by atoms with E-state index in [1.165, 1.54) is 5.56 Å². The number of aromatic nitrogens is 2. The van der Waals surface area contributed by atoms with Crippen LogP contribution in [0.15, 0.2) is 24.4 Å². The fraction of sp³-hybridized carbons (Fsp3) is 0.333. The van der Waals surface area contributed by atoms with Crippen LogP contribution in [-0.4, -0.2) is 16.5 Å². The first-order valence-corrected chi connectivity index (χ1v) is 6.42. The Kier molecular flexibility index (Phi) is 4.00. The smallest absolute Gasteiger partial charge is 0.226 e. The second-order valence-electron chi connectivity index (χ2n) is 4.58. The summed E-state index contributed by atoms with van der Waals surface area (Å²) in [6.07, 6.45) is 1.77. The van der Waals surface area contributed by atoms with Gasteiger partial charge in [0.25, 0.3) is 0 Å². The maximum atomic E-state index is 5.89. The number of hydrogen-bond acceptors (Lipinski definition) is 4. The highest BCUT2D eigenvalue weighted by molar-refractivity contribution is 5.40. The Labute approximate surface area is 113 Å². The minimum atomic E-state index is 0.591. The lowest BCUT2D eigenvalue weighted by atomic mass is 10.1. The molecule has 0 unspecified atom stereocenters. The Balaban J connectivity index is 2.29. The fourth-order valence-corrected chi connectivity index (χ4v) is 1.79. The van der Waals surface area contributed by atoms with Gasteiger partial charge in [0.2, 0.25) is 11.8 Å². The second kappa shape index (κ2) is 5.69. The Morgan fingerprint density at radius 1 is 1.16 bits per heavy atom. The van der Waals surface area contributed by atoms with Gasteiger partial charge in [-0.3, -0.25) is 0 Å². The van der Waals surface area contributed by atoms with Crippen molar-refractivity contribution in [1.29, 1.82) is 0 Å². The highest BCUT2D eigenvalue weighted by Gasteiger charge is 2.08. The molecule has 0 amide bonds. The zero-order valence-electron chi connectivity index (χ0n) is 11.8. The second-order valence-corrected chi connectivity index (χ2v) is 4.58. The number of nitrogens with zero attached hydrogens (tertiary/aromatic N) is 2.